The lowest BCUT2D eigenvalue weighted by molar-refractivity contribution is 0.0844. The molecule has 7 heteroatoms. The first-order valence-corrected chi connectivity index (χ1v) is 8.27. The van der Waals surface area contributed by atoms with Crippen molar-refractivity contribution >= 4 is 22.7 Å². The van der Waals surface area contributed by atoms with Gasteiger partial charge in [-0.05, 0) is 42.5 Å². The first-order chi connectivity index (χ1) is 13.2. The van der Waals surface area contributed by atoms with E-state index in [1.54, 1.807) is 41.2 Å². The zero-order valence-corrected chi connectivity index (χ0v) is 14.2. The minimum Gasteiger partial charge on any atom is -0.267 e. The number of carbonyl (C=O) groups is 2. The van der Waals surface area contributed by atoms with Crippen molar-refractivity contribution in [2.75, 3.05) is 0 Å². The summed E-state index contributed by atoms with van der Waals surface area (Å²) < 4.78 is 1.69. The maximum absolute atomic E-state index is 12.2. The fourth-order valence-electron chi connectivity index (χ4n) is 2.63. The molecule has 0 bridgehead atoms. The van der Waals surface area contributed by atoms with Crippen LogP contribution < -0.4 is 10.9 Å². The predicted molar refractivity (Wildman–Crippen MR) is 100 cm³/mol. The lowest BCUT2D eigenvalue weighted by Gasteiger charge is -2.08. The van der Waals surface area contributed by atoms with Crippen LogP contribution in [0.4, 0.5) is 0 Å². The zero-order valence-electron chi connectivity index (χ0n) is 14.2. The number of aromatic nitrogens is 3. The van der Waals surface area contributed by atoms with E-state index in [9.17, 15) is 9.59 Å². The highest BCUT2D eigenvalue weighted by Crippen LogP contribution is 2.12. The van der Waals surface area contributed by atoms with E-state index in [-0.39, 0.29) is 5.69 Å². The second kappa shape index (κ2) is 7.09. The van der Waals surface area contributed by atoms with E-state index < -0.39 is 11.8 Å². The third-order valence-corrected chi connectivity index (χ3v) is 4.02. The average molecular weight is 357 g/mol. The molecule has 0 fully saturated rings. The van der Waals surface area contributed by atoms with E-state index in [4.69, 9.17) is 0 Å². The molecule has 2 heterocycles. The van der Waals surface area contributed by atoms with Crippen LogP contribution in [0.3, 0.4) is 0 Å². The molecule has 0 atom stereocenters. The monoisotopic (exact) mass is 357 g/mol. The molecule has 0 spiro atoms. The van der Waals surface area contributed by atoms with Gasteiger partial charge in [0.2, 0.25) is 0 Å². The summed E-state index contributed by atoms with van der Waals surface area (Å²) in [4.78, 5) is 28.7. The number of benzene rings is 2. The number of hydrogen-bond donors (Lipinski definition) is 2. The Labute approximate surface area is 154 Å². The van der Waals surface area contributed by atoms with E-state index in [1.807, 2.05) is 42.6 Å². The Morgan fingerprint density at radius 1 is 0.815 bits per heavy atom. The highest BCUT2D eigenvalue weighted by molar-refractivity contribution is 5.99. The number of nitrogens with one attached hydrogen (secondary N) is 2. The minimum absolute atomic E-state index is 0.225. The van der Waals surface area contributed by atoms with Crippen LogP contribution in [0.1, 0.15) is 20.8 Å². The first kappa shape index (κ1) is 16.5. The van der Waals surface area contributed by atoms with Gasteiger partial charge in [0.15, 0.2) is 0 Å². The Bertz CT molecular complexity index is 1100. The van der Waals surface area contributed by atoms with Gasteiger partial charge in [-0.3, -0.25) is 20.4 Å². The van der Waals surface area contributed by atoms with Gasteiger partial charge in [0, 0.05) is 23.3 Å². The SMILES string of the molecule is O=C(NNC(=O)c1ccc2ccccc2n1)c1ccc(-n2cccn2)cc1. The number of hydrogen-bond acceptors (Lipinski definition) is 4. The molecular formula is C20H15N5O2. The van der Waals surface area contributed by atoms with Gasteiger partial charge >= 0.3 is 0 Å². The summed E-state index contributed by atoms with van der Waals surface area (Å²) in [6.07, 6.45) is 3.49. The summed E-state index contributed by atoms with van der Waals surface area (Å²) in [5.41, 5.74) is 6.97. The molecule has 4 rings (SSSR count). The van der Waals surface area contributed by atoms with Gasteiger partial charge in [-0.15, -0.1) is 0 Å². The molecule has 0 unspecified atom stereocenters. The van der Waals surface area contributed by atoms with Crippen molar-refractivity contribution in [3.05, 3.63) is 90.4 Å². The fourth-order valence-corrected chi connectivity index (χ4v) is 2.63. The molecule has 0 aliphatic rings. The van der Waals surface area contributed by atoms with E-state index in [0.29, 0.717) is 11.1 Å². The lowest BCUT2D eigenvalue weighted by Crippen LogP contribution is -2.41. The molecule has 0 radical (unpaired) electrons. The number of nitrogens with zero attached hydrogens (tertiary/aromatic N) is 3. The van der Waals surface area contributed by atoms with Gasteiger partial charge in [0.25, 0.3) is 11.8 Å². The van der Waals surface area contributed by atoms with E-state index in [0.717, 1.165) is 11.1 Å². The molecule has 2 amide bonds. The zero-order chi connectivity index (χ0) is 18.6. The number of amides is 2. The molecule has 0 aliphatic heterocycles. The van der Waals surface area contributed by atoms with Crippen LogP contribution in [0, 0.1) is 0 Å². The summed E-state index contributed by atoms with van der Waals surface area (Å²) in [6.45, 7) is 0. The van der Waals surface area contributed by atoms with E-state index in [2.05, 4.69) is 20.9 Å². The third-order valence-electron chi connectivity index (χ3n) is 4.02. The standard InChI is InChI=1S/C20H15N5O2/c26-19(15-6-9-16(10-7-15)25-13-3-12-21-25)23-24-20(27)18-11-8-14-4-1-2-5-17(14)22-18/h1-13H,(H,23,26)(H,24,27). The van der Waals surface area contributed by atoms with Gasteiger partial charge in [0.05, 0.1) is 11.2 Å². The van der Waals surface area contributed by atoms with Crippen molar-refractivity contribution in [1.29, 1.82) is 0 Å². The first-order valence-electron chi connectivity index (χ1n) is 8.27. The number of fused-ring (bicyclic) bond motifs is 1. The maximum atomic E-state index is 12.2. The van der Waals surface area contributed by atoms with Crippen molar-refractivity contribution in [3.63, 3.8) is 0 Å². The Morgan fingerprint density at radius 2 is 1.59 bits per heavy atom. The predicted octanol–water partition coefficient (Wildman–Crippen LogP) is 2.50. The molecule has 2 N–H and O–H groups in total. The van der Waals surface area contributed by atoms with Gasteiger partial charge < -0.3 is 0 Å². The smallest absolute Gasteiger partial charge is 0.267 e. The summed E-state index contributed by atoms with van der Waals surface area (Å²) in [7, 11) is 0. The number of para-hydroxylation sites is 1. The number of rotatable bonds is 3. The number of carbonyl (C=O) groups excluding carboxylic acids is 2. The quantitative estimate of drug-likeness (QED) is 0.551. The van der Waals surface area contributed by atoms with Crippen LogP contribution in [0.25, 0.3) is 16.6 Å². The topological polar surface area (TPSA) is 88.9 Å². The molecule has 0 saturated carbocycles. The summed E-state index contributed by atoms with van der Waals surface area (Å²) >= 11 is 0. The van der Waals surface area contributed by atoms with Crippen molar-refractivity contribution in [3.8, 4) is 5.69 Å². The van der Waals surface area contributed by atoms with Gasteiger partial charge in [0.1, 0.15) is 5.69 Å². The van der Waals surface area contributed by atoms with Gasteiger partial charge in [-0.1, -0.05) is 24.3 Å². The second-order valence-electron chi connectivity index (χ2n) is 5.79. The van der Waals surface area contributed by atoms with E-state index >= 15 is 0 Å². The van der Waals surface area contributed by atoms with Gasteiger partial charge in [-0.25, -0.2) is 9.67 Å². The number of hydrazine groups is 1. The molecule has 2 aromatic carbocycles. The molecule has 0 aliphatic carbocycles. The van der Waals surface area contributed by atoms with Crippen LogP contribution >= 0.6 is 0 Å². The minimum atomic E-state index is -0.484. The summed E-state index contributed by atoms with van der Waals surface area (Å²) in [6, 6.07) is 19.6. The molecule has 27 heavy (non-hydrogen) atoms. The molecular weight excluding hydrogens is 342 g/mol. The fraction of sp³-hybridized carbons (Fsp3) is 0. The van der Waals surface area contributed by atoms with Crippen molar-refractivity contribution in [1.82, 2.24) is 25.6 Å². The molecule has 2 aromatic heterocycles. The van der Waals surface area contributed by atoms with Gasteiger partial charge in [-0.2, -0.15) is 5.10 Å². The highest BCUT2D eigenvalue weighted by Gasteiger charge is 2.11. The summed E-state index contributed by atoms with van der Waals surface area (Å²) in [5.74, 6) is -0.904. The molecule has 132 valence electrons. The normalized spacial score (nSPS) is 10.5. The van der Waals surface area contributed by atoms with Crippen LogP contribution in [0.15, 0.2) is 79.1 Å². The van der Waals surface area contributed by atoms with Crippen LogP contribution in [0.2, 0.25) is 0 Å². The van der Waals surface area contributed by atoms with Crippen molar-refractivity contribution < 1.29 is 9.59 Å². The Morgan fingerprint density at radius 3 is 2.37 bits per heavy atom. The maximum Gasteiger partial charge on any atom is 0.288 e. The van der Waals surface area contributed by atoms with E-state index in [1.165, 1.54) is 0 Å². The molecule has 0 saturated heterocycles. The Balaban J connectivity index is 1.41. The molecule has 4 aromatic rings. The number of pyridine rings is 1. The Kier molecular flexibility index (Phi) is 4.32. The van der Waals surface area contributed by atoms with Crippen LogP contribution in [0.5, 0.6) is 0 Å². The van der Waals surface area contributed by atoms with Crippen LogP contribution in [-0.4, -0.2) is 26.6 Å². The largest absolute Gasteiger partial charge is 0.288 e. The van der Waals surface area contributed by atoms with Crippen LogP contribution in [-0.2, 0) is 0 Å². The highest BCUT2D eigenvalue weighted by atomic mass is 16.2. The third kappa shape index (κ3) is 3.52. The molecule has 7 nitrogen and oxygen atoms in total. The lowest BCUT2D eigenvalue weighted by atomic mass is 10.2. The van der Waals surface area contributed by atoms with Crippen molar-refractivity contribution in [2.24, 2.45) is 0 Å². The van der Waals surface area contributed by atoms with Crippen molar-refractivity contribution in [2.45, 2.75) is 0 Å². The Hall–Kier alpha value is -4.00. The summed E-state index contributed by atoms with van der Waals surface area (Å²) in [5, 5.41) is 5.07. The second-order valence-corrected chi connectivity index (χ2v) is 5.79. The average Bonchev–Trinajstić information content (AvgIpc) is 3.26.